The summed E-state index contributed by atoms with van der Waals surface area (Å²) in [6, 6.07) is 4.28. The van der Waals surface area contributed by atoms with E-state index in [0.29, 0.717) is 30.2 Å². The molecule has 1 aromatic heterocycles. The highest BCUT2D eigenvalue weighted by Crippen LogP contribution is 2.44. The van der Waals surface area contributed by atoms with Gasteiger partial charge < -0.3 is 9.52 Å². The molecule has 142 valence electrons. The number of aromatic nitrogens is 1. The van der Waals surface area contributed by atoms with Crippen LogP contribution in [0.25, 0.3) is 0 Å². The first-order valence-electron chi connectivity index (χ1n) is 8.98. The van der Waals surface area contributed by atoms with Gasteiger partial charge in [0.15, 0.2) is 0 Å². The Morgan fingerprint density at radius 3 is 2.96 bits per heavy atom. The Morgan fingerprint density at radius 2 is 2.35 bits per heavy atom. The van der Waals surface area contributed by atoms with E-state index >= 15 is 0 Å². The van der Waals surface area contributed by atoms with Crippen LogP contribution in [0.15, 0.2) is 33.4 Å². The van der Waals surface area contributed by atoms with Crippen molar-refractivity contribution in [2.45, 2.75) is 43.7 Å². The van der Waals surface area contributed by atoms with Gasteiger partial charge in [0, 0.05) is 6.04 Å². The Hall–Kier alpha value is -1.29. The highest BCUT2D eigenvalue weighted by molar-refractivity contribution is 9.10. The standard InChI is InChI=1S/C17H20BrFN2O4S/c1-26(23,24)21-12-4-5-17(8-12,16-20-13(9-22)10-25-16)7-11-2-3-15(19)14(18)6-11/h2-3,6,10,12,21-22H,4-5,7-9H2,1H3/t12-,17+/m0/s1/i9D2. The SMILES string of the molecule is [2H]C([2H])(O)c1coc([C@@]2(Cc3ccc(F)c(Br)c3)CC[C@H](NS(C)(=O)=O)C2)n1. The molecule has 2 N–H and O–H groups in total. The van der Waals surface area contributed by atoms with Gasteiger partial charge in [-0.25, -0.2) is 22.5 Å². The number of hydrogen-bond donors (Lipinski definition) is 2. The Morgan fingerprint density at radius 1 is 1.58 bits per heavy atom. The van der Waals surface area contributed by atoms with Gasteiger partial charge in [0.05, 0.1) is 25.4 Å². The molecule has 0 spiro atoms. The van der Waals surface area contributed by atoms with E-state index in [1.54, 1.807) is 12.1 Å². The molecule has 9 heteroatoms. The minimum atomic E-state index is -3.40. The highest BCUT2D eigenvalue weighted by Gasteiger charge is 2.45. The second-order valence-corrected chi connectivity index (χ2v) is 9.32. The monoisotopic (exact) mass is 448 g/mol. The minimum Gasteiger partial charge on any atom is -0.448 e. The van der Waals surface area contributed by atoms with Crippen LogP contribution in [-0.4, -0.2) is 30.8 Å². The second-order valence-electron chi connectivity index (χ2n) is 6.69. The van der Waals surface area contributed by atoms with Gasteiger partial charge in [-0.2, -0.15) is 0 Å². The molecule has 0 aliphatic heterocycles. The van der Waals surface area contributed by atoms with Crippen molar-refractivity contribution in [1.82, 2.24) is 9.71 Å². The van der Waals surface area contributed by atoms with Crippen LogP contribution in [-0.2, 0) is 28.4 Å². The Labute approximate surface area is 162 Å². The molecule has 1 aliphatic carbocycles. The van der Waals surface area contributed by atoms with Crippen molar-refractivity contribution in [2.75, 3.05) is 6.26 Å². The molecule has 1 fully saturated rings. The summed E-state index contributed by atoms with van der Waals surface area (Å²) in [5, 5.41) is 9.56. The van der Waals surface area contributed by atoms with Gasteiger partial charge in [0.1, 0.15) is 17.8 Å². The van der Waals surface area contributed by atoms with Gasteiger partial charge in [-0.1, -0.05) is 6.07 Å². The number of benzene rings is 1. The maximum atomic E-state index is 13.6. The van der Waals surface area contributed by atoms with Crippen molar-refractivity contribution in [1.29, 1.82) is 0 Å². The summed E-state index contributed by atoms with van der Waals surface area (Å²) in [5.41, 5.74) is -0.176. The van der Waals surface area contributed by atoms with E-state index < -0.39 is 27.8 Å². The summed E-state index contributed by atoms with van der Waals surface area (Å²) >= 11 is 3.16. The van der Waals surface area contributed by atoms with Crippen LogP contribution >= 0.6 is 15.9 Å². The predicted molar refractivity (Wildman–Crippen MR) is 97.5 cm³/mol. The molecule has 6 nitrogen and oxygen atoms in total. The van der Waals surface area contributed by atoms with Crippen LogP contribution in [0.5, 0.6) is 0 Å². The van der Waals surface area contributed by atoms with Crippen LogP contribution in [0.1, 0.15) is 39.2 Å². The van der Waals surface area contributed by atoms with Crippen molar-refractivity contribution < 1.29 is 25.1 Å². The normalized spacial score (nSPS) is 25.2. The van der Waals surface area contributed by atoms with Crippen LogP contribution in [0.4, 0.5) is 4.39 Å². The number of aliphatic hydroxyl groups is 1. The van der Waals surface area contributed by atoms with Crippen LogP contribution in [0, 0.1) is 5.82 Å². The average molecular weight is 449 g/mol. The first kappa shape index (κ1) is 16.9. The third-order valence-electron chi connectivity index (χ3n) is 4.59. The van der Waals surface area contributed by atoms with Gasteiger partial charge in [-0.3, -0.25) is 0 Å². The molecule has 3 rings (SSSR count). The predicted octanol–water partition coefficient (Wildman–Crippen LogP) is 2.65. The third-order valence-corrected chi connectivity index (χ3v) is 5.96. The molecule has 0 radical (unpaired) electrons. The largest absolute Gasteiger partial charge is 0.448 e. The van der Waals surface area contributed by atoms with Crippen molar-refractivity contribution in [3.63, 3.8) is 0 Å². The van der Waals surface area contributed by atoms with E-state index in [4.69, 9.17) is 7.16 Å². The second kappa shape index (κ2) is 7.38. The molecule has 2 atom stereocenters. The topological polar surface area (TPSA) is 92.4 Å². The molecule has 1 saturated carbocycles. The summed E-state index contributed by atoms with van der Waals surface area (Å²) in [5.74, 6) is -0.175. The molecule has 1 aliphatic rings. The van der Waals surface area contributed by atoms with Crippen LogP contribution in [0.3, 0.4) is 0 Å². The fraction of sp³-hybridized carbons (Fsp3) is 0.471. The molecule has 0 unspecified atom stereocenters. The van der Waals surface area contributed by atoms with E-state index in [1.807, 2.05) is 0 Å². The van der Waals surface area contributed by atoms with E-state index in [2.05, 4.69) is 25.6 Å². The van der Waals surface area contributed by atoms with E-state index in [-0.39, 0.29) is 17.6 Å². The molecule has 1 heterocycles. The van der Waals surface area contributed by atoms with Gasteiger partial charge in [-0.15, -0.1) is 0 Å². The minimum absolute atomic E-state index is 0.221. The summed E-state index contributed by atoms with van der Waals surface area (Å²) in [7, 11) is -3.40. The maximum absolute atomic E-state index is 13.6. The van der Waals surface area contributed by atoms with Crippen molar-refractivity contribution in [3.05, 3.63) is 51.9 Å². The first-order valence-corrected chi connectivity index (χ1v) is 10.7. The van der Waals surface area contributed by atoms with Crippen LogP contribution in [0.2, 0.25) is 0 Å². The van der Waals surface area contributed by atoms with E-state index in [9.17, 15) is 17.9 Å². The van der Waals surface area contributed by atoms with E-state index in [0.717, 1.165) is 18.1 Å². The number of oxazole rings is 1. The third kappa shape index (κ3) is 4.33. The molecular formula is C17H20BrFN2O4S. The molecular weight excluding hydrogens is 427 g/mol. The lowest BCUT2D eigenvalue weighted by molar-refractivity contribution is 0.276. The number of nitrogens with one attached hydrogen (secondary N) is 1. The Bertz CT molecular complexity index is 980. The summed E-state index contributed by atoms with van der Waals surface area (Å²) in [6.07, 6.45) is 4.00. The average Bonchev–Trinajstić information content (AvgIpc) is 3.17. The highest BCUT2D eigenvalue weighted by atomic mass is 79.9. The quantitative estimate of drug-likeness (QED) is 0.708. The molecule has 26 heavy (non-hydrogen) atoms. The lowest BCUT2D eigenvalue weighted by atomic mass is 9.79. The van der Waals surface area contributed by atoms with Crippen LogP contribution < -0.4 is 4.72 Å². The van der Waals surface area contributed by atoms with E-state index in [1.165, 1.54) is 6.07 Å². The van der Waals surface area contributed by atoms with Crippen molar-refractivity contribution in [3.8, 4) is 0 Å². The lowest BCUT2D eigenvalue weighted by Crippen LogP contribution is -2.35. The molecule has 1 aromatic carbocycles. The first-order chi connectivity index (χ1) is 12.9. The van der Waals surface area contributed by atoms with Gasteiger partial charge in [-0.05, 0) is 59.3 Å². The fourth-order valence-corrected chi connectivity index (χ4v) is 4.80. The van der Waals surface area contributed by atoms with Crippen molar-refractivity contribution in [2.24, 2.45) is 0 Å². The summed E-state index contributed by atoms with van der Waals surface area (Å²) in [4.78, 5) is 4.15. The lowest BCUT2D eigenvalue weighted by Gasteiger charge is -2.26. The maximum Gasteiger partial charge on any atom is 0.208 e. The summed E-state index contributed by atoms with van der Waals surface area (Å²) < 4.78 is 60.1. The molecule has 0 bridgehead atoms. The van der Waals surface area contributed by atoms with Crippen molar-refractivity contribution >= 4 is 26.0 Å². The smallest absolute Gasteiger partial charge is 0.208 e. The molecule has 0 amide bonds. The number of rotatable bonds is 6. The van der Waals surface area contributed by atoms with Gasteiger partial charge in [0.2, 0.25) is 15.9 Å². The Balaban J connectivity index is 1.97. The fourth-order valence-electron chi connectivity index (χ4n) is 3.57. The number of hydrogen-bond acceptors (Lipinski definition) is 5. The molecule has 0 saturated heterocycles. The van der Waals surface area contributed by atoms with Gasteiger partial charge in [0.25, 0.3) is 0 Å². The zero-order valence-electron chi connectivity index (χ0n) is 16.0. The number of halogens is 2. The molecule has 2 aromatic rings. The number of nitrogens with zero attached hydrogens (tertiary/aromatic N) is 1. The summed E-state index contributed by atoms with van der Waals surface area (Å²) in [6.45, 7) is -2.65. The zero-order chi connectivity index (χ0) is 20.7. The number of sulfonamides is 1. The zero-order valence-corrected chi connectivity index (χ0v) is 16.4. The Kier molecular flexibility index (Phi) is 4.78. The van der Waals surface area contributed by atoms with Gasteiger partial charge >= 0.3 is 0 Å².